The maximum atomic E-state index is 11.6. The minimum atomic E-state index is -0.977. The molecule has 0 bridgehead atoms. The lowest BCUT2D eigenvalue weighted by atomic mass is 10.2. The Morgan fingerprint density at radius 3 is 2.87 bits per heavy atom. The molecule has 0 radical (unpaired) electrons. The number of rotatable bonds is 4. The smallest absolute Gasteiger partial charge is 0.326 e. The largest absolute Gasteiger partial charge is 0.480 e. The van der Waals surface area contributed by atoms with Crippen molar-refractivity contribution in [1.82, 2.24) is 10.6 Å². The van der Waals surface area contributed by atoms with Crippen LogP contribution in [0.15, 0.2) is 0 Å². The minimum absolute atomic E-state index is 0.212. The Morgan fingerprint density at radius 2 is 2.40 bits per heavy atom. The molecule has 0 aromatic heterocycles. The summed E-state index contributed by atoms with van der Waals surface area (Å²) in [4.78, 5) is 22.3. The zero-order valence-corrected chi connectivity index (χ0v) is 9.47. The van der Waals surface area contributed by atoms with E-state index in [1.807, 2.05) is 0 Å². The van der Waals surface area contributed by atoms with Crippen LogP contribution in [0.2, 0.25) is 0 Å². The number of carboxylic acids is 1. The fourth-order valence-electron chi connectivity index (χ4n) is 1.34. The molecule has 1 rings (SSSR count). The van der Waals surface area contributed by atoms with Gasteiger partial charge in [-0.3, -0.25) is 4.79 Å². The molecule has 2 unspecified atom stereocenters. The zero-order valence-electron chi connectivity index (χ0n) is 8.66. The second kappa shape index (κ2) is 5.97. The van der Waals surface area contributed by atoms with Gasteiger partial charge in [-0.05, 0) is 6.42 Å². The summed E-state index contributed by atoms with van der Waals surface area (Å²) < 4.78 is 0. The van der Waals surface area contributed by atoms with Gasteiger partial charge in [-0.15, -0.1) is 0 Å². The average molecular weight is 232 g/mol. The lowest BCUT2D eigenvalue weighted by Gasteiger charge is -2.23. The molecule has 1 fully saturated rings. The monoisotopic (exact) mass is 232 g/mol. The third kappa shape index (κ3) is 3.71. The molecule has 1 heterocycles. The van der Waals surface area contributed by atoms with Gasteiger partial charge in [-0.2, -0.15) is 11.8 Å². The van der Waals surface area contributed by atoms with Crippen LogP contribution in [0.1, 0.15) is 13.3 Å². The standard InChI is InChI=1S/C9H16N2O3S/c1-2-6(9(13)14)11-8(12)7-5-15-4-3-10-7/h6-7,10H,2-5H2,1H3,(H,11,12)(H,13,14). The molecule has 1 saturated heterocycles. The fourth-order valence-corrected chi connectivity index (χ4v) is 2.28. The van der Waals surface area contributed by atoms with Crippen LogP contribution in [0.4, 0.5) is 0 Å². The first-order valence-corrected chi connectivity index (χ1v) is 6.15. The summed E-state index contributed by atoms with van der Waals surface area (Å²) in [5.74, 6) is 0.521. The van der Waals surface area contributed by atoms with Crippen molar-refractivity contribution in [2.75, 3.05) is 18.1 Å². The summed E-state index contributed by atoms with van der Waals surface area (Å²) in [5.41, 5.74) is 0. The summed E-state index contributed by atoms with van der Waals surface area (Å²) in [6.07, 6.45) is 0.404. The summed E-state index contributed by atoms with van der Waals surface area (Å²) >= 11 is 1.70. The van der Waals surface area contributed by atoms with E-state index in [9.17, 15) is 9.59 Å². The maximum Gasteiger partial charge on any atom is 0.326 e. The van der Waals surface area contributed by atoms with E-state index >= 15 is 0 Å². The lowest BCUT2D eigenvalue weighted by molar-refractivity contribution is -0.142. The van der Waals surface area contributed by atoms with Crippen LogP contribution in [0.25, 0.3) is 0 Å². The molecular weight excluding hydrogens is 216 g/mol. The van der Waals surface area contributed by atoms with Crippen LogP contribution in [0, 0.1) is 0 Å². The summed E-state index contributed by atoms with van der Waals surface area (Å²) in [6, 6.07) is -1.02. The number of aliphatic carboxylic acids is 1. The van der Waals surface area contributed by atoms with Gasteiger partial charge in [-0.1, -0.05) is 6.92 Å². The van der Waals surface area contributed by atoms with Crippen molar-refractivity contribution in [3.63, 3.8) is 0 Å². The molecule has 15 heavy (non-hydrogen) atoms. The molecule has 0 spiro atoms. The van der Waals surface area contributed by atoms with Crippen LogP contribution < -0.4 is 10.6 Å². The predicted molar refractivity (Wildman–Crippen MR) is 59.0 cm³/mol. The highest BCUT2D eigenvalue weighted by Gasteiger charge is 2.25. The molecule has 3 N–H and O–H groups in total. The van der Waals surface area contributed by atoms with Gasteiger partial charge >= 0.3 is 5.97 Å². The summed E-state index contributed by atoms with van der Waals surface area (Å²) in [6.45, 7) is 2.54. The molecule has 1 aliphatic heterocycles. The molecular formula is C9H16N2O3S. The second-order valence-electron chi connectivity index (χ2n) is 3.39. The van der Waals surface area contributed by atoms with E-state index < -0.39 is 12.0 Å². The van der Waals surface area contributed by atoms with Crippen LogP contribution in [0.5, 0.6) is 0 Å². The Labute approximate surface area is 93.0 Å². The normalized spacial score (nSPS) is 23.1. The van der Waals surface area contributed by atoms with E-state index in [2.05, 4.69) is 10.6 Å². The average Bonchev–Trinajstić information content (AvgIpc) is 2.26. The van der Waals surface area contributed by atoms with Gasteiger partial charge in [0.25, 0.3) is 0 Å². The van der Waals surface area contributed by atoms with Crippen molar-refractivity contribution in [2.45, 2.75) is 25.4 Å². The van der Waals surface area contributed by atoms with Crippen LogP contribution >= 0.6 is 11.8 Å². The molecule has 0 saturated carbocycles. The Hall–Kier alpha value is -0.750. The first kappa shape index (κ1) is 12.3. The Balaban J connectivity index is 2.42. The van der Waals surface area contributed by atoms with Crippen molar-refractivity contribution in [3.8, 4) is 0 Å². The Kier molecular flexibility index (Phi) is 4.90. The van der Waals surface area contributed by atoms with E-state index in [4.69, 9.17) is 5.11 Å². The minimum Gasteiger partial charge on any atom is -0.480 e. The van der Waals surface area contributed by atoms with Crippen LogP contribution in [0.3, 0.4) is 0 Å². The molecule has 1 aliphatic rings. The molecule has 0 aliphatic carbocycles. The van der Waals surface area contributed by atoms with Gasteiger partial charge in [0.15, 0.2) is 0 Å². The van der Waals surface area contributed by atoms with Gasteiger partial charge in [0.2, 0.25) is 5.91 Å². The summed E-state index contributed by atoms with van der Waals surface area (Å²) in [5, 5.41) is 14.4. The highest BCUT2D eigenvalue weighted by atomic mass is 32.2. The van der Waals surface area contributed by atoms with Crippen molar-refractivity contribution >= 4 is 23.6 Å². The van der Waals surface area contributed by atoms with E-state index in [1.54, 1.807) is 18.7 Å². The van der Waals surface area contributed by atoms with Gasteiger partial charge in [-0.25, -0.2) is 4.79 Å². The van der Waals surface area contributed by atoms with E-state index in [-0.39, 0.29) is 11.9 Å². The van der Waals surface area contributed by atoms with Gasteiger partial charge in [0, 0.05) is 18.1 Å². The van der Waals surface area contributed by atoms with Crippen molar-refractivity contribution in [2.24, 2.45) is 0 Å². The van der Waals surface area contributed by atoms with Crippen molar-refractivity contribution < 1.29 is 14.7 Å². The molecule has 6 heteroatoms. The van der Waals surface area contributed by atoms with E-state index in [0.29, 0.717) is 12.2 Å². The fraction of sp³-hybridized carbons (Fsp3) is 0.778. The summed E-state index contributed by atoms with van der Waals surface area (Å²) in [7, 11) is 0. The van der Waals surface area contributed by atoms with Gasteiger partial charge in [0.05, 0.1) is 6.04 Å². The number of carboxylic acid groups (broad SMARTS) is 1. The number of carbonyl (C=O) groups is 2. The number of carbonyl (C=O) groups excluding carboxylic acids is 1. The Bertz CT molecular complexity index is 242. The highest BCUT2D eigenvalue weighted by molar-refractivity contribution is 7.99. The van der Waals surface area contributed by atoms with Gasteiger partial charge in [0.1, 0.15) is 6.04 Å². The maximum absolute atomic E-state index is 11.6. The molecule has 0 aromatic rings. The van der Waals surface area contributed by atoms with Gasteiger partial charge < -0.3 is 15.7 Å². The molecule has 86 valence electrons. The van der Waals surface area contributed by atoms with Crippen molar-refractivity contribution in [1.29, 1.82) is 0 Å². The quantitative estimate of drug-likeness (QED) is 0.618. The highest BCUT2D eigenvalue weighted by Crippen LogP contribution is 2.07. The number of hydrogen-bond donors (Lipinski definition) is 3. The lowest BCUT2D eigenvalue weighted by Crippen LogP contribution is -2.53. The Morgan fingerprint density at radius 1 is 1.67 bits per heavy atom. The molecule has 1 amide bonds. The number of nitrogens with one attached hydrogen (secondary N) is 2. The third-order valence-corrected chi connectivity index (χ3v) is 3.32. The van der Waals surface area contributed by atoms with E-state index in [1.165, 1.54) is 0 Å². The predicted octanol–water partition coefficient (Wildman–Crippen LogP) is -0.329. The molecule has 5 nitrogen and oxygen atoms in total. The zero-order chi connectivity index (χ0) is 11.3. The first-order valence-electron chi connectivity index (χ1n) is 4.99. The number of amides is 1. The number of thioether (sulfide) groups is 1. The van der Waals surface area contributed by atoms with E-state index in [0.717, 1.165) is 12.3 Å². The molecule has 0 aromatic carbocycles. The van der Waals surface area contributed by atoms with Crippen molar-refractivity contribution in [3.05, 3.63) is 0 Å². The second-order valence-corrected chi connectivity index (χ2v) is 4.54. The SMILES string of the molecule is CCC(NC(=O)C1CSCCN1)C(=O)O. The molecule has 2 atom stereocenters. The van der Waals surface area contributed by atoms with Crippen LogP contribution in [-0.2, 0) is 9.59 Å². The number of hydrogen-bond acceptors (Lipinski definition) is 4. The first-order chi connectivity index (χ1) is 7.15. The van der Waals surface area contributed by atoms with Crippen LogP contribution in [-0.4, -0.2) is 47.1 Å². The third-order valence-electron chi connectivity index (χ3n) is 2.26. The topological polar surface area (TPSA) is 78.4 Å².